The number of hydrogen-bond donors (Lipinski definition) is 0. The molecule has 0 aromatic heterocycles. The molecule has 0 N–H and O–H groups in total. The summed E-state index contributed by atoms with van der Waals surface area (Å²) < 4.78 is 5.15. The molecule has 7 nitrogen and oxygen atoms in total. The highest BCUT2D eigenvalue weighted by Crippen LogP contribution is 2.48. The van der Waals surface area contributed by atoms with E-state index in [1.54, 1.807) is 7.11 Å². The number of carbonyl (C=O) groups excluding carboxylic acids is 1. The van der Waals surface area contributed by atoms with E-state index in [0.29, 0.717) is 5.92 Å². The number of carbonyl (C=O) groups is 1. The number of nitro groups is 1. The second kappa shape index (κ2) is 7.35. The van der Waals surface area contributed by atoms with E-state index in [1.807, 2.05) is 31.2 Å². The maximum atomic E-state index is 12.0. The minimum absolute atomic E-state index is 0.0819. The van der Waals surface area contributed by atoms with Crippen molar-refractivity contribution in [2.45, 2.75) is 19.3 Å². The van der Waals surface area contributed by atoms with Gasteiger partial charge in [-0.05, 0) is 49.1 Å². The van der Waals surface area contributed by atoms with Crippen LogP contribution in [-0.4, -0.2) is 23.7 Å². The summed E-state index contributed by atoms with van der Waals surface area (Å²) in [6, 6.07) is 13.1. The molecule has 0 aliphatic heterocycles. The summed E-state index contributed by atoms with van der Waals surface area (Å²) in [6.45, 7) is 1.83. The third-order valence-electron chi connectivity index (χ3n) is 4.46. The number of ether oxygens (including phenoxy) is 1. The first kappa shape index (κ1) is 17.6. The lowest BCUT2D eigenvalue weighted by molar-refractivity contribution is -0.384. The number of nitrogens with zero attached hydrogens (tertiary/aromatic N) is 2. The van der Waals surface area contributed by atoms with Crippen molar-refractivity contribution in [2.75, 3.05) is 7.11 Å². The topological polar surface area (TPSA) is 91.0 Å². The van der Waals surface area contributed by atoms with Crippen LogP contribution in [0.2, 0.25) is 0 Å². The zero-order valence-electron chi connectivity index (χ0n) is 14.4. The van der Waals surface area contributed by atoms with Crippen molar-refractivity contribution in [1.82, 2.24) is 0 Å². The van der Waals surface area contributed by atoms with Crippen LogP contribution in [0.15, 0.2) is 53.7 Å². The van der Waals surface area contributed by atoms with Gasteiger partial charge in [-0.3, -0.25) is 10.1 Å². The lowest BCUT2D eigenvalue weighted by atomic mass is 10.1. The van der Waals surface area contributed by atoms with E-state index in [4.69, 9.17) is 9.57 Å². The molecular weight excluding hydrogens is 336 g/mol. The monoisotopic (exact) mass is 354 g/mol. The Hall–Kier alpha value is -3.22. The highest BCUT2D eigenvalue weighted by molar-refractivity contribution is 5.92. The molecule has 0 spiro atoms. The third-order valence-corrected chi connectivity index (χ3v) is 4.46. The molecule has 7 heteroatoms. The molecular formula is C19H18N2O5. The molecule has 0 bridgehead atoms. The van der Waals surface area contributed by atoms with Gasteiger partial charge >= 0.3 is 5.97 Å². The average Bonchev–Trinajstić information content (AvgIpc) is 3.47. The number of hydrogen-bond acceptors (Lipinski definition) is 6. The molecule has 2 aromatic rings. The molecule has 1 aliphatic carbocycles. The largest absolute Gasteiger partial charge is 0.497 e. The Bertz CT molecular complexity index is 843. The molecule has 3 rings (SSSR count). The molecule has 0 heterocycles. The summed E-state index contributed by atoms with van der Waals surface area (Å²) in [6.07, 6.45) is 0.955. The number of non-ortho nitro benzene ring substituents is 1. The summed E-state index contributed by atoms with van der Waals surface area (Å²) in [5, 5.41) is 14.6. The quantitative estimate of drug-likeness (QED) is 0.339. The molecule has 1 fully saturated rings. The van der Waals surface area contributed by atoms with E-state index in [-0.39, 0.29) is 17.2 Å². The number of benzene rings is 2. The first-order chi connectivity index (χ1) is 12.5. The van der Waals surface area contributed by atoms with E-state index in [2.05, 4.69) is 5.16 Å². The fourth-order valence-corrected chi connectivity index (χ4v) is 2.83. The van der Waals surface area contributed by atoms with Gasteiger partial charge in [0.1, 0.15) is 5.75 Å². The van der Waals surface area contributed by atoms with E-state index >= 15 is 0 Å². The Morgan fingerprint density at radius 3 is 2.38 bits per heavy atom. The second-order valence-corrected chi connectivity index (χ2v) is 6.14. The van der Waals surface area contributed by atoms with Crippen LogP contribution in [0.5, 0.6) is 5.75 Å². The first-order valence-electron chi connectivity index (χ1n) is 8.14. The van der Waals surface area contributed by atoms with Gasteiger partial charge in [0.05, 0.1) is 23.3 Å². The lowest BCUT2D eigenvalue weighted by Crippen LogP contribution is -2.05. The van der Waals surface area contributed by atoms with Crippen molar-refractivity contribution in [3.05, 3.63) is 69.8 Å². The number of nitro benzene ring substituents is 1. The zero-order chi connectivity index (χ0) is 18.7. The van der Waals surface area contributed by atoms with Gasteiger partial charge in [-0.1, -0.05) is 17.3 Å². The van der Waals surface area contributed by atoms with Gasteiger partial charge in [0.25, 0.3) is 5.69 Å². The van der Waals surface area contributed by atoms with Crippen molar-refractivity contribution in [3.8, 4) is 5.75 Å². The number of oxime groups is 1. The Kier molecular flexibility index (Phi) is 4.97. The van der Waals surface area contributed by atoms with Gasteiger partial charge in [-0.25, -0.2) is 4.79 Å². The predicted molar refractivity (Wildman–Crippen MR) is 95.5 cm³/mol. The summed E-state index contributed by atoms with van der Waals surface area (Å²) in [7, 11) is 1.63. The number of methoxy groups -OCH3 is 1. The molecule has 0 unspecified atom stereocenters. The maximum absolute atomic E-state index is 12.0. The SMILES string of the molecule is COc1ccc([C@@H]2C[C@@H]2/C(C)=N\OC(=O)c2ccc([N+](=O)[O-])cc2)cc1. The molecule has 1 saturated carbocycles. The van der Waals surface area contributed by atoms with Gasteiger partial charge in [-0.2, -0.15) is 0 Å². The van der Waals surface area contributed by atoms with Gasteiger partial charge in [0.15, 0.2) is 0 Å². The van der Waals surface area contributed by atoms with Crippen LogP contribution in [0.25, 0.3) is 0 Å². The normalized spacial score (nSPS) is 18.9. The molecule has 134 valence electrons. The summed E-state index contributed by atoms with van der Waals surface area (Å²) in [5.41, 5.74) is 2.09. The fourth-order valence-electron chi connectivity index (χ4n) is 2.83. The van der Waals surface area contributed by atoms with Crippen LogP contribution in [0.3, 0.4) is 0 Å². The van der Waals surface area contributed by atoms with E-state index in [0.717, 1.165) is 17.9 Å². The van der Waals surface area contributed by atoms with Crippen LogP contribution in [0, 0.1) is 16.0 Å². The Morgan fingerprint density at radius 1 is 1.15 bits per heavy atom. The zero-order valence-corrected chi connectivity index (χ0v) is 14.4. The molecule has 0 radical (unpaired) electrons. The molecule has 0 amide bonds. The highest BCUT2D eigenvalue weighted by Gasteiger charge is 2.40. The third kappa shape index (κ3) is 3.88. The highest BCUT2D eigenvalue weighted by atomic mass is 16.7. The summed E-state index contributed by atoms with van der Waals surface area (Å²) in [5.74, 6) is 0.782. The number of rotatable bonds is 6. The van der Waals surface area contributed by atoms with Gasteiger partial charge in [-0.15, -0.1) is 0 Å². The Balaban J connectivity index is 1.58. The smallest absolute Gasteiger partial charge is 0.365 e. The van der Waals surface area contributed by atoms with E-state index in [9.17, 15) is 14.9 Å². The van der Waals surface area contributed by atoms with Crippen molar-refractivity contribution < 1.29 is 19.3 Å². The molecule has 0 saturated heterocycles. The molecule has 26 heavy (non-hydrogen) atoms. The fraction of sp³-hybridized carbons (Fsp3) is 0.263. The van der Waals surface area contributed by atoms with Crippen LogP contribution in [0.1, 0.15) is 35.2 Å². The van der Waals surface area contributed by atoms with E-state index < -0.39 is 10.9 Å². The van der Waals surface area contributed by atoms with Gasteiger partial charge in [0.2, 0.25) is 0 Å². The maximum Gasteiger partial charge on any atom is 0.365 e. The molecule has 2 aromatic carbocycles. The van der Waals surface area contributed by atoms with Crippen LogP contribution < -0.4 is 4.74 Å². The lowest BCUT2D eigenvalue weighted by Gasteiger charge is -2.03. The van der Waals surface area contributed by atoms with Crippen LogP contribution in [0.4, 0.5) is 5.69 Å². The average molecular weight is 354 g/mol. The first-order valence-corrected chi connectivity index (χ1v) is 8.14. The van der Waals surface area contributed by atoms with Gasteiger partial charge < -0.3 is 9.57 Å². The molecule has 2 atom stereocenters. The molecule has 1 aliphatic rings. The minimum Gasteiger partial charge on any atom is -0.497 e. The van der Waals surface area contributed by atoms with Crippen molar-refractivity contribution in [3.63, 3.8) is 0 Å². The van der Waals surface area contributed by atoms with Crippen molar-refractivity contribution in [1.29, 1.82) is 0 Å². The van der Waals surface area contributed by atoms with Gasteiger partial charge in [0, 0.05) is 18.1 Å². The Labute approximate surface area is 150 Å². The van der Waals surface area contributed by atoms with E-state index in [1.165, 1.54) is 29.8 Å². The minimum atomic E-state index is -0.638. The van der Waals surface area contributed by atoms with Crippen LogP contribution in [-0.2, 0) is 4.84 Å². The Morgan fingerprint density at radius 2 is 1.81 bits per heavy atom. The summed E-state index contributed by atoms with van der Waals surface area (Å²) in [4.78, 5) is 27.1. The second-order valence-electron chi connectivity index (χ2n) is 6.14. The predicted octanol–water partition coefficient (Wildman–Crippen LogP) is 3.94. The summed E-state index contributed by atoms with van der Waals surface area (Å²) >= 11 is 0. The van der Waals surface area contributed by atoms with Crippen molar-refractivity contribution >= 4 is 17.4 Å². The standard InChI is InChI=1S/C19H18N2O5/c1-12(17-11-18(17)13-5-9-16(25-2)10-6-13)20-26-19(22)14-3-7-15(8-4-14)21(23)24/h3-10,17-18H,11H2,1-2H3/b20-12-/t17-,18+/m1/s1. The van der Waals surface area contributed by atoms with Crippen molar-refractivity contribution in [2.24, 2.45) is 11.1 Å². The van der Waals surface area contributed by atoms with Crippen LogP contribution >= 0.6 is 0 Å².